The maximum absolute atomic E-state index is 12.2. The van der Waals surface area contributed by atoms with E-state index >= 15 is 0 Å². The first-order chi connectivity index (χ1) is 11.2. The number of aromatic nitrogens is 5. The maximum Gasteiger partial charge on any atom is 0.273 e. The van der Waals surface area contributed by atoms with Crippen molar-refractivity contribution in [1.82, 2.24) is 35.2 Å². The Labute approximate surface area is 133 Å². The van der Waals surface area contributed by atoms with E-state index in [0.29, 0.717) is 11.7 Å². The Balaban J connectivity index is 1.29. The van der Waals surface area contributed by atoms with Crippen LogP contribution < -0.4 is 5.32 Å². The van der Waals surface area contributed by atoms with Crippen molar-refractivity contribution in [2.45, 2.75) is 37.9 Å². The molecule has 1 atom stereocenters. The number of carbonyl (C=O) groups excluding carboxylic acids is 1. The Morgan fingerprint density at radius 3 is 2.87 bits per heavy atom. The van der Waals surface area contributed by atoms with Gasteiger partial charge in [-0.1, -0.05) is 5.21 Å². The van der Waals surface area contributed by atoms with Gasteiger partial charge in [-0.2, -0.15) is 0 Å². The molecule has 2 aromatic heterocycles. The van der Waals surface area contributed by atoms with Crippen LogP contribution in [0, 0.1) is 0 Å². The molecule has 1 aliphatic carbocycles. The maximum atomic E-state index is 12.2. The van der Waals surface area contributed by atoms with Crippen LogP contribution in [0.4, 0.5) is 0 Å². The molecule has 0 radical (unpaired) electrons. The molecule has 120 valence electrons. The number of hydrogen-bond acceptors (Lipinski definition) is 6. The Morgan fingerprint density at radius 1 is 1.35 bits per heavy atom. The third kappa shape index (κ3) is 2.94. The van der Waals surface area contributed by atoms with E-state index in [9.17, 15) is 4.79 Å². The summed E-state index contributed by atoms with van der Waals surface area (Å²) in [5, 5.41) is 11.0. The molecule has 8 heteroatoms. The van der Waals surface area contributed by atoms with Crippen molar-refractivity contribution in [3.8, 4) is 0 Å². The first-order valence-corrected chi connectivity index (χ1v) is 7.93. The molecule has 1 saturated heterocycles. The Kier molecular flexibility index (Phi) is 3.53. The molecule has 0 spiro atoms. The van der Waals surface area contributed by atoms with Gasteiger partial charge in [0.2, 0.25) is 0 Å². The molecule has 2 fully saturated rings. The standard InChI is InChI=1S/C15H19N7O/c1-10(13-6-16-4-5-17-13)21-7-11(8-21)18-15(23)14-9-22(20-19-14)12-2-3-12/h4-6,9-12H,2-3,7-8H2,1H3,(H,18,23). The SMILES string of the molecule is CC(c1cnccn1)N1CC(NC(=O)c2cn(C3CC3)nn2)C1. The van der Waals surface area contributed by atoms with Gasteiger partial charge in [-0.3, -0.25) is 19.7 Å². The van der Waals surface area contributed by atoms with Crippen LogP contribution in [-0.4, -0.2) is 54.9 Å². The number of hydrogen-bond donors (Lipinski definition) is 1. The lowest BCUT2D eigenvalue weighted by atomic mass is 10.0. The molecule has 8 nitrogen and oxygen atoms in total. The summed E-state index contributed by atoms with van der Waals surface area (Å²) >= 11 is 0. The van der Waals surface area contributed by atoms with Gasteiger partial charge in [-0.15, -0.1) is 5.10 Å². The summed E-state index contributed by atoms with van der Waals surface area (Å²) in [6.07, 6.45) is 9.15. The van der Waals surface area contributed by atoms with Crippen LogP contribution in [0.2, 0.25) is 0 Å². The molecule has 1 unspecified atom stereocenters. The molecular formula is C15H19N7O. The van der Waals surface area contributed by atoms with E-state index in [2.05, 4.69) is 37.4 Å². The molecule has 2 aliphatic rings. The van der Waals surface area contributed by atoms with E-state index in [4.69, 9.17) is 0 Å². The van der Waals surface area contributed by atoms with Gasteiger partial charge < -0.3 is 5.32 Å². The van der Waals surface area contributed by atoms with Crippen molar-refractivity contribution < 1.29 is 4.79 Å². The van der Waals surface area contributed by atoms with Gasteiger partial charge >= 0.3 is 0 Å². The highest BCUT2D eigenvalue weighted by molar-refractivity contribution is 5.92. The molecule has 2 aromatic rings. The summed E-state index contributed by atoms with van der Waals surface area (Å²) in [5.74, 6) is -0.145. The second-order valence-electron chi connectivity index (χ2n) is 6.25. The van der Waals surface area contributed by atoms with Crippen molar-refractivity contribution in [3.63, 3.8) is 0 Å². The summed E-state index contributed by atoms with van der Waals surface area (Å²) in [6.45, 7) is 3.71. The number of likely N-dealkylation sites (tertiary alicyclic amines) is 1. The minimum atomic E-state index is -0.145. The fraction of sp³-hybridized carbons (Fsp3) is 0.533. The minimum Gasteiger partial charge on any atom is -0.345 e. The van der Waals surface area contributed by atoms with Gasteiger partial charge in [-0.05, 0) is 19.8 Å². The summed E-state index contributed by atoms with van der Waals surface area (Å²) < 4.78 is 1.79. The van der Waals surface area contributed by atoms with E-state index in [1.165, 1.54) is 0 Å². The van der Waals surface area contributed by atoms with Crippen LogP contribution in [0.25, 0.3) is 0 Å². The molecule has 0 bridgehead atoms. The average molecular weight is 313 g/mol. The molecule has 1 amide bonds. The van der Waals surface area contributed by atoms with E-state index in [0.717, 1.165) is 31.6 Å². The molecule has 1 aliphatic heterocycles. The summed E-state index contributed by atoms with van der Waals surface area (Å²) in [7, 11) is 0. The van der Waals surface area contributed by atoms with E-state index in [1.54, 1.807) is 29.5 Å². The Morgan fingerprint density at radius 2 is 2.17 bits per heavy atom. The number of rotatable bonds is 5. The zero-order chi connectivity index (χ0) is 15.8. The van der Waals surface area contributed by atoms with Crippen LogP contribution >= 0.6 is 0 Å². The molecule has 4 rings (SSSR count). The van der Waals surface area contributed by atoms with Crippen LogP contribution in [0.3, 0.4) is 0 Å². The van der Waals surface area contributed by atoms with Crippen LogP contribution in [-0.2, 0) is 0 Å². The quantitative estimate of drug-likeness (QED) is 0.868. The highest BCUT2D eigenvalue weighted by Gasteiger charge is 2.33. The minimum absolute atomic E-state index is 0.145. The first kappa shape index (κ1) is 14.3. The molecule has 0 aromatic carbocycles. The molecule has 1 N–H and O–H groups in total. The largest absolute Gasteiger partial charge is 0.345 e. The molecule has 3 heterocycles. The zero-order valence-corrected chi connectivity index (χ0v) is 13.0. The van der Waals surface area contributed by atoms with Crippen LogP contribution in [0.1, 0.15) is 48.0 Å². The summed E-state index contributed by atoms with van der Waals surface area (Å²) in [4.78, 5) is 22.9. The Bertz CT molecular complexity index is 691. The predicted octanol–water partition coefficient (Wildman–Crippen LogP) is 0.578. The third-order valence-corrected chi connectivity index (χ3v) is 4.47. The molecule has 1 saturated carbocycles. The van der Waals surface area contributed by atoms with Gasteiger partial charge in [0.15, 0.2) is 5.69 Å². The normalized spacial score (nSPS) is 20.0. The summed E-state index contributed by atoms with van der Waals surface area (Å²) in [5.41, 5.74) is 1.35. The number of carbonyl (C=O) groups is 1. The van der Waals surface area contributed by atoms with Gasteiger partial charge in [0.1, 0.15) is 0 Å². The number of nitrogens with one attached hydrogen (secondary N) is 1. The van der Waals surface area contributed by atoms with Crippen LogP contribution in [0.5, 0.6) is 0 Å². The predicted molar refractivity (Wildman–Crippen MR) is 81.6 cm³/mol. The zero-order valence-electron chi connectivity index (χ0n) is 13.0. The van der Waals surface area contributed by atoms with E-state index < -0.39 is 0 Å². The topological polar surface area (TPSA) is 88.8 Å². The van der Waals surface area contributed by atoms with E-state index in [-0.39, 0.29) is 18.0 Å². The fourth-order valence-corrected chi connectivity index (χ4v) is 2.79. The second-order valence-corrected chi connectivity index (χ2v) is 6.25. The monoisotopic (exact) mass is 313 g/mol. The van der Waals surface area contributed by atoms with Crippen molar-refractivity contribution >= 4 is 5.91 Å². The number of amides is 1. The van der Waals surface area contributed by atoms with Gasteiger partial charge in [0, 0.05) is 31.7 Å². The lowest BCUT2D eigenvalue weighted by Crippen LogP contribution is -2.59. The Hall–Kier alpha value is -2.35. The van der Waals surface area contributed by atoms with Crippen molar-refractivity contribution in [2.24, 2.45) is 0 Å². The second kappa shape index (κ2) is 5.69. The van der Waals surface area contributed by atoms with E-state index in [1.807, 2.05) is 0 Å². The third-order valence-electron chi connectivity index (χ3n) is 4.47. The molecular weight excluding hydrogens is 294 g/mol. The highest BCUT2D eigenvalue weighted by Crippen LogP contribution is 2.33. The van der Waals surface area contributed by atoms with Crippen molar-refractivity contribution in [1.29, 1.82) is 0 Å². The number of nitrogens with zero attached hydrogens (tertiary/aromatic N) is 6. The smallest absolute Gasteiger partial charge is 0.273 e. The van der Waals surface area contributed by atoms with Gasteiger partial charge in [0.25, 0.3) is 5.91 Å². The van der Waals surface area contributed by atoms with Crippen molar-refractivity contribution in [2.75, 3.05) is 13.1 Å². The van der Waals surface area contributed by atoms with Gasteiger partial charge in [-0.25, -0.2) is 4.68 Å². The lowest BCUT2D eigenvalue weighted by molar-refractivity contribution is 0.0662. The van der Waals surface area contributed by atoms with Crippen LogP contribution in [0.15, 0.2) is 24.8 Å². The van der Waals surface area contributed by atoms with Crippen molar-refractivity contribution in [3.05, 3.63) is 36.2 Å². The first-order valence-electron chi connectivity index (χ1n) is 7.93. The molecule has 23 heavy (non-hydrogen) atoms. The average Bonchev–Trinajstić information content (AvgIpc) is 3.27. The van der Waals surface area contributed by atoms with Gasteiger partial charge in [0.05, 0.1) is 30.0 Å². The summed E-state index contributed by atoms with van der Waals surface area (Å²) in [6, 6.07) is 0.788. The lowest BCUT2D eigenvalue weighted by Gasteiger charge is -2.42. The fourth-order valence-electron chi connectivity index (χ4n) is 2.79. The highest BCUT2D eigenvalue weighted by atomic mass is 16.2.